The monoisotopic (exact) mass is 1160 g/mol. The van der Waals surface area contributed by atoms with Gasteiger partial charge < -0.3 is 71.6 Å². The maximum atomic E-state index is 14.2. The highest BCUT2D eigenvalue weighted by atomic mass is 32.3. The zero-order valence-electron chi connectivity index (χ0n) is 45.8. The summed E-state index contributed by atoms with van der Waals surface area (Å²) in [5.74, 6) is -1.37. The number of benzene rings is 5. The van der Waals surface area contributed by atoms with Crippen molar-refractivity contribution < 1.29 is 80.0 Å². The average molecular weight is 1160 g/mol. The Hall–Kier alpha value is -8.39. The van der Waals surface area contributed by atoms with Gasteiger partial charge in [0.1, 0.15) is 43.4 Å². The van der Waals surface area contributed by atoms with Crippen molar-refractivity contribution in [3.63, 3.8) is 0 Å². The smallest absolute Gasteiger partial charge is 0.493 e. The van der Waals surface area contributed by atoms with E-state index in [0.29, 0.717) is 54.0 Å². The third-order valence-electron chi connectivity index (χ3n) is 15.0. The zero-order valence-corrected chi connectivity index (χ0v) is 46.6. The summed E-state index contributed by atoms with van der Waals surface area (Å²) in [6.07, 6.45) is -2.19. The molecule has 1 aromatic heterocycles. The van der Waals surface area contributed by atoms with Gasteiger partial charge in [-0.15, -0.1) is 8.42 Å². The second kappa shape index (κ2) is 23.1. The largest absolute Gasteiger partial charge is 0.501 e. The van der Waals surface area contributed by atoms with Gasteiger partial charge in [-0.3, -0.25) is 24.4 Å². The van der Waals surface area contributed by atoms with E-state index < -0.39 is 53.5 Å². The number of ether oxygens (including phenoxy) is 6. The number of aliphatic imine (C=N–C) groups is 2. The van der Waals surface area contributed by atoms with Gasteiger partial charge in [0.05, 0.1) is 74.0 Å². The van der Waals surface area contributed by atoms with Crippen molar-refractivity contribution in [3.8, 4) is 40.2 Å². The van der Waals surface area contributed by atoms with Crippen molar-refractivity contribution in [1.29, 1.82) is 0 Å². The summed E-state index contributed by atoms with van der Waals surface area (Å²) in [5.41, 5.74) is 5.98. The Morgan fingerprint density at radius 3 is 1.94 bits per heavy atom. The summed E-state index contributed by atoms with van der Waals surface area (Å²) >= 11 is 0. The number of fused-ring (bicyclic) bond motifs is 6. The highest BCUT2D eigenvalue weighted by Gasteiger charge is 2.45. The van der Waals surface area contributed by atoms with Crippen LogP contribution in [0.2, 0.25) is 0 Å². The van der Waals surface area contributed by atoms with Crippen LogP contribution in [0.5, 0.6) is 40.2 Å². The Balaban J connectivity index is 0.900. The number of hydrogen-bond acceptors (Lipinski definition) is 20. The van der Waals surface area contributed by atoms with E-state index in [0.717, 1.165) is 28.6 Å². The molecule has 24 heteroatoms. The third kappa shape index (κ3) is 11.6. The highest BCUT2D eigenvalue weighted by molar-refractivity contribution is 7.82. The lowest BCUT2D eigenvalue weighted by molar-refractivity contribution is -0.277. The fraction of sp³-hybridized carbons (Fsp3) is 0.356. The molecule has 11 rings (SSSR count). The molecule has 0 spiro atoms. The fourth-order valence-electron chi connectivity index (χ4n) is 10.7. The highest BCUT2D eigenvalue weighted by Crippen LogP contribution is 2.42. The number of hydrogen-bond donors (Lipinski definition) is 4. The van der Waals surface area contributed by atoms with Gasteiger partial charge in [-0.2, -0.15) is 0 Å². The third-order valence-corrected chi connectivity index (χ3v) is 15.8. The minimum absolute atomic E-state index is 0.0374. The SMILES string of the molecule is COc1cc2c(cc1OCc1cc(COc3cc4c(cc3OC)C(=O)N3Cc5ncn(C)c5C[C@H]3C=N4)cc(OS(=O)(=O)Oc3cc(C(=O)CC(C)C)ccc3OC3O[C@H](CO)[C@H](O)[C@H](O)[C@H]3O)c1)N=C[C@@H]1Cc3ccccc3CN1C2=O. The molecule has 6 heterocycles. The first-order valence-corrected chi connectivity index (χ1v) is 28.1. The number of aliphatic hydroxyl groups excluding tert-OH is 4. The molecule has 434 valence electrons. The van der Waals surface area contributed by atoms with E-state index in [2.05, 4.69) is 4.98 Å². The molecule has 7 atom stereocenters. The minimum Gasteiger partial charge on any atom is -0.493 e. The molecule has 1 saturated heterocycles. The Morgan fingerprint density at radius 2 is 1.33 bits per heavy atom. The molecule has 5 aliphatic heterocycles. The number of carbonyl (C=O) groups is 3. The number of aromatic nitrogens is 2. The van der Waals surface area contributed by atoms with E-state index >= 15 is 0 Å². The maximum Gasteiger partial charge on any atom is 0.501 e. The number of carbonyl (C=O) groups excluding carboxylic acids is 3. The molecule has 5 aliphatic rings. The van der Waals surface area contributed by atoms with Crippen LogP contribution in [-0.2, 0) is 61.3 Å². The number of aliphatic hydroxyl groups is 4. The van der Waals surface area contributed by atoms with Crippen LogP contribution in [0.15, 0.2) is 101 Å². The first-order valence-electron chi connectivity index (χ1n) is 26.7. The molecular formula is C59H60N6O17S. The number of imidazole rings is 1. The lowest BCUT2D eigenvalue weighted by Gasteiger charge is -2.39. The van der Waals surface area contributed by atoms with Gasteiger partial charge in [-0.1, -0.05) is 38.1 Å². The first-order chi connectivity index (χ1) is 39.9. The van der Waals surface area contributed by atoms with Gasteiger partial charge in [0.2, 0.25) is 6.29 Å². The van der Waals surface area contributed by atoms with E-state index in [1.165, 1.54) is 38.5 Å². The van der Waals surface area contributed by atoms with Crippen LogP contribution < -0.4 is 32.1 Å². The van der Waals surface area contributed by atoms with Crippen LogP contribution in [0.25, 0.3) is 0 Å². The van der Waals surface area contributed by atoms with E-state index in [1.54, 1.807) is 58.9 Å². The van der Waals surface area contributed by atoms with Crippen molar-refractivity contribution in [2.24, 2.45) is 23.0 Å². The minimum atomic E-state index is -5.20. The first kappa shape index (κ1) is 56.5. The lowest BCUT2D eigenvalue weighted by Crippen LogP contribution is -2.60. The van der Waals surface area contributed by atoms with Crippen molar-refractivity contribution in [3.05, 3.63) is 142 Å². The molecule has 5 aromatic carbocycles. The molecule has 0 radical (unpaired) electrons. The van der Waals surface area contributed by atoms with Crippen LogP contribution in [-0.4, -0.2) is 142 Å². The van der Waals surface area contributed by atoms with Crippen LogP contribution in [0.4, 0.5) is 11.4 Å². The molecular weight excluding hydrogens is 1100 g/mol. The molecule has 23 nitrogen and oxygen atoms in total. The molecule has 0 saturated carbocycles. The molecule has 6 aromatic rings. The molecule has 0 bridgehead atoms. The van der Waals surface area contributed by atoms with Crippen molar-refractivity contribution in [2.75, 3.05) is 20.8 Å². The Morgan fingerprint density at radius 1 is 0.711 bits per heavy atom. The van der Waals surface area contributed by atoms with Gasteiger partial charge in [-0.25, -0.2) is 4.98 Å². The summed E-state index contributed by atoms with van der Waals surface area (Å²) in [6.45, 7) is 3.09. The van der Waals surface area contributed by atoms with Gasteiger partial charge in [0.15, 0.2) is 40.3 Å². The van der Waals surface area contributed by atoms with E-state index in [9.17, 15) is 43.2 Å². The number of nitrogens with zero attached hydrogens (tertiary/aromatic N) is 6. The Kier molecular flexibility index (Phi) is 15.7. The number of amides is 2. The van der Waals surface area contributed by atoms with Gasteiger partial charge >= 0.3 is 10.4 Å². The van der Waals surface area contributed by atoms with Crippen LogP contribution in [0, 0.1) is 5.92 Å². The standard InChI is InChI=1S/C59H60N6O17S/c1-31(2)12-46(67)35-10-11-47(79-59-56(70)55(69)54(68)53(27-66)80-59)52(17-35)82-83(73,74)81-39-14-32(28-77-50-21-42-40(19-48(50)75-4)57(71)64-25-36-9-7-6-8-34(36)16-37(64)23-60-42)13-33(15-39)29-78-51-22-43-41(20-49(51)76-5)58(72)65-26-44-45(63(3)30-62-44)18-38(65)24-61-43/h6-11,13-15,17,19-24,30-31,37-38,53-56,59,66,68-70H,12,16,18,25-29H2,1-5H3/t37-,38-,53+,54-,55-,56+,59?/m0/s1. The quantitative estimate of drug-likeness (QED) is 0.0797. The predicted molar refractivity (Wildman–Crippen MR) is 297 cm³/mol. The molecule has 1 unspecified atom stereocenters. The topological polar surface area (TPSA) is 289 Å². The van der Waals surface area contributed by atoms with Crippen LogP contribution in [0.3, 0.4) is 0 Å². The molecule has 2 amide bonds. The molecule has 83 heavy (non-hydrogen) atoms. The zero-order chi connectivity index (χ0) is 58.4. The van der Waals surface area contributed by atoms with Crippen molar-refractivity contribution in [2.45, 2.75) is 102 Å². The molecule has 4 N–H and O–H groups in total. The van der Waals surface area contributed by atoms with E-state index in [4.69, 9.17) is 46.8 Å². The van der Waals surface area contributed by atoms with Gasteiger partial charge in [-0.05, 0) is 83.1 Å². The Bertz CT molecular complexity index is 3700. The van der Waals surface area contributed by atoms with Crippen molar-refractivity contribution in [1.82, 2.24) is 19.4 Å². The van der Waals surface area contributed by atoms with E-state index in [-0.39, 0.29) is 101 Å². The number of methoxy groups -OCH3 is 2. The summed E-state index contributed by atoms with van der Waals surface area (Å²) in [4.78, 5) is 59.1. The van der Waals surface area contributed by atoms with Gasteiger partial charge in [0, 0.05) is 62.3 Å². The van der Waals surface area contributed by atoms with Crippen LogP contribution >= 0.6 is 0 Å². The lowest BCUT2D eigenvalue weighted by atomic mass is 9.94. The summed E-state index contributed by atoms with van der Waals surface area (Å²) in [5, 5.41) is 41.5. The molecule has 0 aliphatic carbocycles. The van der Waals surface area contributed by atoms with Crippen LogP contribution in [0.1, 0.15) is 85.0 Å². The van der Waals surface area contributed by atoms with E-state index in [1.807, 2.05) is 49.7 Å². The number of rotatable bonds is 18. The second-order valence-electron chi connectivity index (χ2n) is 21.2. The number of ketones is 1. The fourth-order valence-corrected chi connectivity index (χ4v) is 11.4. The Labute approximate surface area is 477 Å². The number of aryl methyl sites for hydroxylation is 1. The summed E-state index contributed by atoms with van der Waals surface area (Å²) < 4.78 is 77.2. The second-order valence-corrected chi connectivity index (χ2v) is 22.3. The van der Waals surface area contributed by atoms with Crippen molar-refractivity contribution >= 4 is 51.8 Å². The normalized spacial score (nSPS) is 21.5. The maximum absolute atomic E-state index is 14.2. The summed E-state index contributed by atoms with van der Waals surface area (Å²) in [6, 6.07) is 21.7. The predicted octanol–water partition coefficient (Wildman–Crippen LogP) is 5.27. The van der Waals surface area contributed by atoms with Gasteiger partial charge in [0.25, 0.3) is 11.8 Å². The average Bonchev–Trinajstić information content (AvgIpc) is 3.71. The summed E-state index contributed by atoms with van der Waals surface area (Å²) in [7, 11) is -0.433. The molecule has 1 fully saturated rings. The number of Topliss-reactive ketones (excluding diaryl/α,β-unsaturated/α-hetero) is 1.